The van der Waals surface area contributed by atoms with E-state index in [-0.39, 0.29) is 17.9 Å². The van der Waals surface area contributed by atoms with Crippen molar-refractivity contribution in [2.75, 3.05) is 26.2 Å². The molecule has 1 aromatic rings. The number of hydrogen-bond donors (Lipinski definition) is 2. The molecule has 2 amide bonds. The Morgan fingerprint density at radius 2 is 2.17 bits per heavy atom. The molecule has 24 heavy (non-hydrogen) atoms. The molecule has 0 saturated carbocycles. The van der Waals surface area contributed by atoms with Crippen LogP contribution in [0.5, 0.6) is 0 Å². The largest absolute Gasteiger partial charge is 0.466 e. The van der Waals surface area contributed by atoms with Gasteiger partial charge in [-0.25, -0.2) is 0 Å². The van der Waals surface area contributed by atoms with Crippen LogP contribution in [0.2, 0.25) is 0 Å². The van der Waals surface area contributed by atoms with Crippen molar-refractivity contribution < 1.29 is 14.0 Å². The van der Waals surface area contributed by atoms with Crippen LogP contribution in [0.25, 0.3) is 0 Å². The van der Waals surface area contributed by atoms with E-state index in [0.717, 1.165) is 44.5 Å². The topological polar surface area (TPSA) is 74.6 Å². The molecule has 0 spiro atoms. The minimum atomic E-state index is -0.0390. The highest BCUT2D eigenvalue weighted by molar-refractivity contribution is 5.95. The number of likely N-dealkylation sites (tertiary alicyclic amines) is 1. The molecule has 3 heterocycles. The first-order valence-corrected chi connectivity index (χ1v) is 8.92. The quantitative estimate of drug-likeness (QED) is 0.878. The summed E-state index contributed by atoms with van der Waals surface area (Å²) in [5.74, 6) is 1.90. The molecule has 2 fully saturated rings. The predicted octanol–water partition coefficient (Wildman–Crippen LogP) is 1.62. The van der Waals surface area contributed by atoms with Gasteiger partial charge < -0.3 is 20.0 Å². The average Bonchev–Trinajstić information content (AvgIpc) is 3.22. The second-order valence-electron chi connectivity index (χ2n) is 6.98. The molecule has 3 rings (SSSR count). The van der Waals surface area contributed by atoms with E-state index in [1.165, 1.54) is 0 Å². The van der Waals surface area contributed by atoms with Gasteiger partial charge in [-0.2, -0.15) is 0 Å². The van der Waals surface area contributed by atoms with Gasteiger partial charge in [-0.3, -0.25) is 9.59 Å². The van der Waals surface area contributed by atoms with Gasteiger partial charge in [0, 0.05) is 19.6 Å². The summed E-state index contributed by atoms with van der Waals surface area (Å²) in [6.45, 7) is 6.72. The summed E-state index contributed by atoms with van der Waals surface area (Å²) in [6.07, 6.45) is 4.00. The maximum absolute atomic E-state index is 12.7. The first-order chi connectivity index (χ1) is 11.5. The van der Waals surface area contributed by atoms with E-state index in [0.29, 0.717) is 30.3 Å². The number of rotatable bonds is 4. The van der Waals surface area contributed by atoms with Gasteiger partial charge in [-0.05, 0) is 58.1 Å². The third-order valence-corrected chi connectivity index (χ3v) is 5.02. The van der Waals surface area contributed by atoms with Crippen LogP contribution in [0.4, 0.5) is 0 Å². The van der Waals surface area contributed by atoms with Crippen molar-refractivity contribution in [3.63, 3.8) is 0 Å². The van der Waals surface area contributed by atoms with Crippen LogP contribution in [0.3, 0.4) is 0 Å². The molecule has 0 bridgehead atoms. The zero-order chi connectivity index (χ0) is 17.1. The minimum Gasteiger partial charge on any atom is -0.466 e. The Hall–Kier alpha value is -1.82. The maximum atomic E-state index is 12.7. The Morgan fingerprint density at radius 3 is 2.83 bits per heavy atom. The lowest BCUT2D eigenvalue weighted by molar-refractivity contribution is -0.123. The Morgan fingerprint density at radius 1 is 1.33 bits per heavy atom. The maximum Gasteiger partial charge on any atom is 0.257 e. The number of nitrogens with zero attached hydrogens (tertiary/aromatic N) is 1. The van der Waals surface area contributed by atoms with Crippen molar-refractivity contribution in [3.8, 4) is 0 Å². The molecule has 6 nitrogen and oxygen atoms in total. The van der Waals surface area contributed by atoms with Crippen molar-refractivity contribution in [1.29, 1.82) is 0 Å². The van der Waals surface area contributed by atoms with Crippen LogP contribution in [0, 0.1) is 19.8 Å². The molecule has 2 N–H and O–H groups in total. The molecule has 0 aliphatic carbocycles. The molecule has 0 radical (unpaired) electrons. The van der Waals surface area contributed by atoms with Crippen molar-refractivity contribution in [2.45, 2.75) is 45.6 Å². The number of hydrogen-bond acceptors (Lipinski definition) is 4. The van der Waals surface area contributed by atoms with Crippen molar-refractivity contribution >= 4 is 11.8 Å². The van der Waals surface area contributed by atoms with Gasteiger partial charge in [0.2, 0.25) is 5.91 Å². The molecule has 0 aromatic carbocycles. The van der Waals surface area contributed by atoms with Crippen molar-refractivity contribution in [2.24, 2.45) is 5.92 Å². The van der Waals surface area contributed by atoms with Gasteiger partial charge in [0.1, 0.15) is 11.5 Å². The van der Waals surface area contributed by atoms with Crippen LogP contribution in [0.15, 0.2) is 10.5 Å². The fourth-order valence-electron chi connectivity index (χ4n) is 3.71. The molecule has 2 saturated heterocycles. The normalized spacial score (nSPS) is 24.2. The Kier molecular flexibility index (Phi) is 5.23. The van der Waals surface area contributed by atoms with E-state index in [1.54, 1.807) is 0 Å². The number of carbonyl (C=O) groups excluding carboxylic acids is 2. The first kappa shape index (κ1) is 17.0. The average molecular weight is 333 g/mol. The van der Waals surface area contributed by atoms with Crippen LogP contribution in [-0.4, -0.2) is 48.9 Å². The third kappa shape index (κ3) is 3.80. The van der Waals surface area contributed by atoms with Gasteiger partial charge in [0.25, 0.3) is 5.91 Å². The summed E-state index contributed by atoms with van der Waals surface area (Å²) < 4.78 is 5.48. The lowest BCUT2D eigenvalue weighted by atomic mass is 9.97. The van der Waals surface area contributed by atoms with E-state index >= 15 is 0 Å². The van der Waals surface area contributed by atoms with Crippen LogP contribution in [-0.2, 0) is 4.79 Å². The van der Waals surface area contributed by atoms with Gasteiger partial charge in [-0.15, -0.1) is 0 Å². The fourth-order valence-corrected chi connectivity index (χ4v) is 3.71. The predicted molar refractivity (Wildman–Crippen MR) is 90.8 cm³/mol. The number of nitrogens with one attached hydrogen (secondary N) is 2. The van der Waals surface area contributed by atoms with Gasteiger partial charge in [0.15, 0.2) is 0 Å². The summed E-state index contributed by atoms with van der Waals surface area (Å²) in [5.41, 5.74) is 0.660. The summed E-state index contributed by atoms with van der Waals surface area (Å²) in [4.78, 5) is 26.7. The van der Waals surface area contributed by atoms with Gasteiger partial charge >= 0.3 is 0 Å². The molecular formula is C18H27N3O3. The lowest BCUT2D eigenvalue weighted by Gasteiger charge is -2.33. The minimum absolute atomic E-state index is 0.0390. The molecule has 0 unspecified atom stereocenters. The van der Waals surface area contributed by atoms with E-state index in [9.17, 15) is 9.59 Å². The summed E-state index contributed by atoms with van der Waals surface area (Å²) in [6, 6.07) is 1.78. The molecule has 6 heteroatoms. The summed E-state index contributed by atoms with van der Waals surface area (Å²) in [7, 11) is 0. The van der Waals surface area contributed by atoms with Crippen LogP contribution < -0.4 is 10.6 Å². The van der Waals surface area contributed by atoms with Gasteiger partial charge in [0.05, 0.1) is 11.6 Å². The molecule has 132 valence electrons. The SMILES string of the molecule is Cc1cc(C(=O)N2CCC[C@@H](CNC(=O)[C@@H]3CCCN3)C2)c(C)o1. The number of amides is 2. The third-order valence-electron chi connectivity index (χ3n) is 5.02. The molecular weight excluding hydrogens is 306 g/mol. The zero-order valence-electron chi connectivity index (χ0n) is 14.6. The van der Waals surface area contributed by atoms with E-state index in [4.69, 9.17) is 4.42 Å². The monoisotopic (exact) mass is 333 g/mol. The highest BCUT2D eigenvalue weighted by atomic mass is 16.3. The smallest absolute Gasteiger partial charge is 0.257 e. The van der Waals surface area contributed by atoms with E-state index in [1.807, 2.05) is 24.8 Å². The van der Waals surface area contributed by atoms with Crippen LogP contribution >= 0.6 is 0 Å². The highest BCUT2D eigenvalue weighted by Gasteiger charge is 2.28. The van der Waals surface area contributed by atoms with Crippen molar-refractivity contribution in [1.82, 2.24) is 15.5 Å². The molecule has 1 aromatic heterocycles. The number of furan rings is 1. The Bertz CT molecular complexity index is 605. The highest BCUT2D eigenvalue weighted by Crippen LogP contribution is 2.21. The fraction of sp³-hybridized carbons (Fsp3) is 0.667. The molecule has 2 atom stereocenters. The number of carbonyl (C=O) groups is 2. The number of aryl methyl sites for hydroxylation is 2. The van der Waals surface area contributed by atoms with E-state index in [2.05, 4.69) is 10.6 Å². The molecule has 2 aliphatic rings. The van der Waals surface area contributed by atoms with E-state index < -0.39 is 0 Å². The second kappa shape index (κ2) is 7.38. The molecule has 2 aliphatic heterocycles. The lowest BCUT2D eigenvalue weighted by Crippen LogP contribution is -2.46. The summed E-state index contributed by atoms with van der Waals surface area (Å²) >= 11 is 0. The Balaban J connectivity index is 1.53. The number of piperidine rings is 1. The second-order valence-corrected chi connectivity index (χ2v) is 6.98. The van der Waals surface area contributed by atoms with Crippen molar-refractivity contribution in [3.05, 3.63) is 23.2 Å². The van der Waals surface area contributed by atoms with Gasteiger partial charge in [-0.1, -0.05) is 0 Å². The summed E-state index contributed by atoms with van der Waals surface area (Å²) in [5, 5.41) is 6.27. The zero-order valence-corrected chi connectivity index (χ0v) is 14.6. The van der Waals surface area contributed by atoms with Crippen LogP contribution in [0.1, 0.15) is 47.6 Å². The first-order valence-electron chi connectivity index (χ1n) is 8.92. The standard InChI is InChI=1S/C18H27N3O3/c1-12-9-15(13(2)24-12)18(23)21-8-4-5-14(11-21)10-20-17(22)16-6-3-7-19-16/h9,14,16,19H,3-8,10-11H2,1-2H3,(H,20,22)/t14-,16-/m0/s1. The Labute approximate surface area is 143 Å².